The average molecular weight is 369 g/mol. The molecule has 1 amide bonds. The summed E-state index contributed by atoms with van der Waals surface area (Å²) in [4.78, 5) is 22.0. The monoisotopic (exact) mass is 368 g/mol. The van der Waals surface area contributed by atoms with Gasteiger partial charge >= 0.3 is 0 Å². The van der Waals surface area contributed by atoms with E-state index in [4.69, 9.17) is 4.98 Å². The second-order valence-electron chi connectivity index (χ2n) is 6.86. The first-order valence-corrected chi connectivity index (χ1v) is 9.96. The summed E-state index contributed by atoms with van der Waals surface area (Å²) >= 11 is 1.64. The van der Waals surface area contributed by atoms with Gasteiger partial charge in [0.2, 0.25) is 0 Å². The third-order valence-electron chi connectivity index (χ3n) is 5.19. The normalized spacial score (nSPS) is 15.7. The van der Waals surface area contributed by atoms with Crippen LogP contribution in [0.25, 0.3) is 15.3 Å². The van der Waals surface area contributed by atoms with E-state index in [0.29, 0.717) is 0 Å². The molecule has 4 rings (SSSR count). The smallest absolute Gasteiger partial charge is 0.253 e. The van der Waals surface area contributed by atoms with Crippen molar-refractivity contribution in [3.63, 3.8) is 0 Å². The predicted molar refractivity (Wildman–Crippen MR) is 106 cm³/mol. The first-order valence-electron chi connectivity index (χ1n) is 9.14. The molecule has 1 aliphatic heterocycles. The molecule has 136 valence electrons. The lowest BCUT2D eigenvalue weighted by molar-refractivity contribution is 0.0643. The molecule has 0 atom stereocenters. The van der Waals surface area contributed by atoms with E-state index >= 15 is 0 Å². The summed E-state index contributed by atoms with van der Waals surface area (Å²) in [5.41, 5.74) is 4.06. The number of aromatic nitrogens is 2. The fourth-order valence-electron chi connectivity index (χ4n) is 3.56. The van der Waals surface area contributed by atoms with E-state index in [2.05, 4.69) is 42.4 Å². The number of hydrogen-bond donors (Lipinski definition) is 0. The number of likely N-dealkylation sites (N-methyl/N-ethyl adjacent to an activating group) is 1. The second-order valence-corrected chi connectivity index (χ2v) is 7.87. The molecule has 3 heterocycles. The highest BCUT2D eigenvalue weighted by Gasteiger charge is 2.22. The van der Waals surface area contributed by atoms with Gasteiger partial charge in [-0.2, -0.15) is 0 Å². The molecule has 0 bridgehead atoms. The molecule has 0 unspecified atom stereocenters. The third kappa shape index (κ3) is 3.04. The van der Waals surface area contributed by atoms with Crippen LogP contribution < -0.4 is 0 Å². The molecule has 1 fully saturated rings. The highest BCUT2D eigenvalue weighted by atomic mass is 32.1. The van der Waals surface area contributed by atoms with Crippen molar-refractivity contribution in [1.82, 2.24) is 19.4 Å². The average Bonchev–Trinajstić information content (AvgIpc) is 3.22. The molecular weight excluding hydrogens is 344 g/mol. The zero-order valence-electron chi connectivity index (χ0n) is 15.5. The van der Waals surface area contributed by atoms with Crippen LogP contribution in [0.1, 0.15) is 28.7 Å². The predicted octanol–water partition coefficient (Wildman–Crippen LogP) is 3.48. The van der Waals surface area contributed by atoms with Gasteiger partial charge in [-0.05, 0) is 50.7 Å². The molecule has 3 aromatic rings. The van der Waals surface area contributed by atoms with Crippen molar-refractivity contribution in [2.45, 2.75) is 20.8 Å². The molecule has 1 aliphatic rings. The maximum absolute atomic E-state index is 12.9. The highest BCUT2D eigenvalue weighted by Crippen LogP contribution is 2.28. The van der Waals surface area contributed by atoms with Crippen LogP contribution in [0, 0.1) is 13.8 Å². The SMILES string of the molecule is CCN1CCN(C(=O)c2ccc3nc(-n4c(C)ccc4C)sc3c2)CC1. The molecule has 0 saturated carbocycles. The number of benzene rings is 1. The highest BCUT2D eigenvalue weighted by molar-refractivity contribution is 7.20. The Bertz CT molecular complexity index is 931. The topological polar surface area (TPSA) is 41.4 Å². The van der Waals surface area contributed by atoms with Crippen LogP contribution in [-0.4, -0.2) is 58.0 Å². The molecule has 6 heteroatoms. The number of rotatable bonds is 3. The Morgan fingerprint density at radius 2 is 1.77 bits per heavy atom. The Morgan fingerprint density at radius 1 is 1.08 bits per heavy atom. The van der Waals surface area contributed by atoms with Gasteiger partial charge in [-0.3, -0.25) is 9.36 Å². The van der Waals surface area contributed by atoms with Gasteiger partial charge < -0.3 is 9.80 Å². The van der Waals surface area contributed by atoms with Crippen molar-refractivity contribution in [2.75, 3.05) is 32.7 Å². The van der Waals surface area contributed by atoms with E-state index in [-0.39, 0.29) is 5.91 Å². The first kappa shape index (κ1) is 17.2. The largest absolute Gasteiger partial charge is 0.336 e. The van der Waals surface area contributed by atoms with Crippen LogP contribution in [0.5, 0.6) is 0 Å². The number of aryl methyl sites for hydroxylation is 2. The Labute approximate surface area is 157 Å². The summed E-state index contributed by atoms with van der Waals surface area (Å²) in [7, 11) is 0. The van der Waals surface area contributed by atoms with Gasteiger partial charge in [-0.1, -0.05) is 18.3 Å². The number of piperazine rings is 1. The molecule has 0 N–H and O–H groups in total. The lowest BCUT2D eigenvalue weighted by atomic mass is 10.1. The van der Waals surface area contributed by atoms with Crippen molar-refractivity contribution in [2.24, 2.45) is 0 Å². The number of nitrogens with zero attached hydrogens (tertiary/aromatic N) is 4. The molecule has 1 saturated heterocycles. The molecule has 1 aromatic carbocycles. The van der Waals surface area contributed by atoms with Crippen LogP contribution in [0.4, 0.5) is 0 Å². The lowest BCUT2D eigenvalue weighted by Gasteiger charge is -2.34. The van der Waals surface area contributed by atoms with Gasteiger partial charge in [0.05, 0.1) is 10.2 Å². The number of hydrogen-bond acceptors (Lipinski definition) is 4. The van der Waals surface area contributed by atoms with E-state index in [9.17, 15) is 4.79 Å². The van der Waals surface area contributed by atoms with Gasteiger partial charge in [-0.15, -0.1) is 0 Å². The van der Waals surface area contributed by atoms with Crippen molar-refractivity contribution >= 4 is 27.5 Å². The third-order valence-corrected chi connectivity index (χ3v) is 6.20. The van der Waals surface area contributed by atoms with E-state index in [1.54, 1.807) is 11.3 Å². The molecule has 0 spiro atoms. The minimum absolute atomic E-state index is 0.130. The Kier molecular flexibility index (Phi) is 4.54. The van der Waals surface area contributed by atoms with Crippen molar-refractivity contribution in [3.8, 4) is 5.13 Å². The Hall–Kier alpha value is -2.18. The molecule has 0 radical (unpaired) electrons. The lowest BCUT2D eigenvalue weighted by Crippen LogP contribution is -2.48. The Morgan fingerprint density at radius 3 is 2.42 bits per heavy atom. The number of amides is 1. The van der Waals surface area contributed by atoms with Crippen LogP contribution in [0.3, 0.4) is 0 Å². The van der Waals surface area contributed by atoms with Gasteiger partial charge in [0.15, 0.2) is 5.13 Å². The van der Waals surface area contributed by atoms with Crippen LogP contribution in [0.15, 0.2) is 30.3 Å². The number of carbonyl (C=O) groups is 1. The molecule has 0 aliphatic carbocycles. The fraction of sp³-hybridized carbons (Fsp3) is 0.400. The zero-order chi connectivity index (χ0) is 18.3. The number of thiazole rings is 1. The van der Waals surface area contributed by atoms with Crippen LogP contribution in [0.2, 0.25) is 0 Å². The Balaban J connectivity index is 1.61. The van der Waals surface area contributed by atoms with E-state index in [0.717, 1.165) is 53.6 Å². The summed E-state index contributed by atoms with van der Waals surface area (Å²) in [6.45, 7) is 10.9. The minimum Gasteiger partial charge on any atom is -0.336 e. The van der Waals surface area contributed by atoms with E-state index in [1.807, 2.05) is 23.1 Å². The summed E-state index contributed by atoms with van der Waals surface area (Å²) < 4.78 is 3.22. The maximum atomic E-state index is 12.9. The van der Waals surface area contributed by atoms with Gasteiger partial charge in [0.25, 0.3) is 5.91 Å². The molecule has 26 heavy (non-hydrogen) atoms. The standard InChI is InChI=1S/C20H24N4OS/c1-4-22-9-11-23(12-10-22)19(25)16-7-8-17-18(13-16)26-20(21-17)24-14(2)5-6-15(24)3/h5-8,13H,4,9-12H2,1-3H3. The van der Waals surface area contributed by atoms with Crippen molar-refractivity contribution in [3.05, 3.63) is 47.3 Å². The number of fused-ring (bicyclic) bond motifs is 1. The van der Waals surface area contributed by atoms with E-state index < -0.39 is 0 Å². The van der Waals surface area contributed by atoms with Crippen molar-refractivity contribution in [1.29, 1.82) is 0 Å². The molecule has 5 nitrogen and oxygen atoms in total. The van der Waals surface area contributed by atoms with Gasteiger partial charge in [0.1, 0.15) is 0 Å². The maximum Gasteiger partial charge on any atom is 0.253 e. The zero-order valence-corrected chi connectivity index (χ0v) is 16.3. The van der Waals surface area contributed by atoms with Crippen LogP contribution in [-0.2, 0) is 0 Å². The van der Waals surface area contributed by atoms with Gasteiger partial charge in [-0.25, -0.2) is 4.98 Å². The summed E-state index contributed by atoms with van der Waals surface area (Å²) in [5.74, 6) is 0.130. The second kappa shape index (κ2) is 6.85. The summed E-state index contributed by atoms with van der Waals surface area (Å²) in [5, 5.41) is 0.959. The quantitative estimate of drug-likeness (QED) is 0.711. The summed E-state index contributed by atoms with van der Waals surface area (Å²) in [6, 6.07) is 10.1. The molecular formula is C20H24N4OS. The van der Waals surface area contributed by atoms with Gasteiger partial charge in [0, 0.05) is 43.1 Å². The van der Waals surface area contributed by atoms with E-state index in [1.165, 1.54) is 11.4 Å². The summed E-state index contributed by atoms with van der Waals surface area (Å²) in [6.07, 6.45) is 0. The fourth-order valence-corrected chi connectivity index (χ4v) is 4.69. The van der Waals surface area contributed by atoms with Crippen molar-refractivity contribution < 1.29 is 4.79 Å². The molecule has 2 aromatic heterocycles. The van der Waals surface area contributed by atoms with Crippen LogP contribution >= 0.6 is 11.3 Å². The number of carbonyl (C=O) groups excluding carboxylic acids is 1. The first-order chi connectivity index (χ1) is 12.6. The minimum atomic E-state index is 0.130.